The Hall–Kier alpha value is -2.78. The third kappa shape index (κ3) is 5.94. The first-order valence-electron chi connectivity index (χ1n) is 8.41. The average Bonchev–Trinajstić information content (AvgIpc) is 3.03. The van der Waals surface area contributed by atoms with E-state index in [0.29, 0.717) is 25.7 Å². The van der Waals surface area contributed by atoms with Gasteiger partial charge in [0.05, 0.1) is 12.8 Å². The fraction of sp³-hybridized carbons (Fsp3) is 0.625. The van der Waals surface area contributed by atoms with Gasteiger partial charge >= 0.3 is 11.9 Å². The lowest BCUT2D eigenvalue weighted by Crippen LogP contribution is -2.28. The van der Waals surface area contributed by atoms with Gasteiger partial charge in [0.2, 0.25) is 11.8 Å². The van der Waals surface area contributed by atoms with Crippen LogP contribution in [0.5, 0.6) is 0 Å². The zero-order chi connectivity index (χ0) is 19.1. The molecule has 10 heteroatoms. The quantitative estimate of drug-likeness (QED) is 0.307. The molecule has 2 aliphatic rings. The molecule has 0 saturated carbocycles. The number of hydrogen-bond acceptors (Lipinski definition) is 8. The van der Waals surface area contributed by atoms with E-state index in [2.05, 4.69) is 10.6 Å². The Balaban J connectivity index is 1.50. The van der Waals surface area contributed by atoms with Gasteiger partial charge in [0.1, 0.15) is 0 Å². The van der Waals surface area contributed by atoms with Gasteiger partial charge in [-0.2, -0.15) is 0 Å². The van der Waals surface area contributed by atoms with E-state index < -0.39 is 47.8 Å². The summed E-state index contributed by atoms with van der Waals surface area (Å²) in [6, 6.07) is 0. The minimum atomic E-state index is -1.04. The molecule has 0 aromatic heterocycles. The third-order valence-electron chi connectivity index (χ3n) is 3.91. The summed E-state index contributed by atoms with van der Waals surface area (Å²) in [5.74, 6) is -3.20. The van der Waals surface area contributed by atoms with Crippen molar-refractivity contribution < 1.29 is 38.2 Å². The molecule has 4 amide bonds. The largest absolute Gasteiger partial charge is 0.452 e. The number of nitrogens with one attached hydrogen (secondary N) is 2. The smallest absolute Gasteiger partial charge is 0.306 e. The molecular weight excluding hydrogens is 348 g/mol. The number of carbonyl (C=O) groups is 6. The first-order valence-corrected chi connectivity index (χ1v) is 8.41. The summed E-state index contributed by atoms with van der Waals surface area (Å²) >= 11 is 0. The second-order valence-corrected chi connectivity index (χ2v) is 6.10. The summed E-state index contributed by atoms with van der Waals surface area (Å²) in [5, 5.41) is 4.11. The highest BCUT2D eigenvalue weighted by molar-refractivity contribution is 6.06. The van der Waals surface area contributed by atoms with Crippen molar-refractivity contribution in [2.45, 2.75) is 63.6 Å². The minimum Gasteiger partial charge on any atom is -0.452 e. The predicted octanol–water partition coefficient (Wildman–Crippen LogP) is -0.756. The second kappa shape index (κ2) is 9.07. The van der Waals surface area contributed by atoms with Gasteiger partial charge in [-0.1, -0.05) is 12.8 Å². The summed E-state index contributed by atoms with van der Waals surface area (Å²) in [7, 11) is 0. The summed E-state index contributed by atoms with van der Waals surface area (Å²) < 4.78 is 9.84. The van der Waals surface area contributed by atoms with E-state index in [1.54, 1.807) is 0 Å². The Bertz CT molecular complexity index is 576. The Morgan fingerprint density at radius 2 is 1.12 bits per heavy atom. The van der Waals surface area contributed by atoms with Crippen LogP contribution >= 0.6 is 0 Å². The van der Waals surface area contributed by atoms with Crippen LogP contribution in [-0.2, 0) is 38.2 Å². The first-order chi connectivity index (χ1) is 12.3. The van der Waals surface area contributed by atoms with Crippen LogP contribution < -0.4 is 10.6 Å². The number of rotatable bonds is 9. The lowest BCUT2D eigenvalue weighted by atomic mass is 10.1. The zero-order valence-electron chi connectivity index (χ0n) is 14.1. The lowest BCUT2D eigenvalue weighted by molar-refractivity contribution is -0.154. The molecule has 0 radical (unpaired) electrons. The van der Waals surface area contributed by atoms with Gasteiger partial charge in [-0.3, -0.25) is 39.4 Å². The topological polar surface area (TPSA) is 145 Å². The van der Waals surface area contributed by atoms with Crippen LogP contribution in [0.25, 0.3) is 0 Å². The minimum absolute atomic E-state index is 0.118. The maximum absolute atomic E-state index is 11.6. The van der Waals surface area contributed by atoms with Crippen molar-refractivity contribution >= 4 is 35.6 Å². The van der Waals surface area contributed by atoms with E-state index in [1.165, 1.54) is 0 Å². The maximum Gasteiger partial charge on any atom is 0.306 e. The normalized spacial score (nSPS) is 22.2. The second-order valence-electron chi connectivity index (χ2n) is 6.10. The van der Waals surface area contributed by atoms with E-state index >= 15 is 0 Å². The number of carbonyl (C=O) groups excluding carboxylic acids is 6. The van der Waals surface area contributed by atoms with Gasteiger partial charge < -0.3 is 9.47 Å². The van der Waals surface area contributed by atoms with Crippen molar-refractivity contribution in [1.82, 2.24) is 10.6 Å². The number of ether oxygens (including phenoxy) is 2. The van der Waals surface area contributed by atoms with Crippen molar-refractivity contribution in [2.75, 3.05) is 0 Å². The van der Waals surface area contributed by atoms with Crippen LogP contribution in [0.3, 0.4) is 0 Å². The van der Waals surface area contributed by atoms with Crippen LogP contribution in [0, 0.1) is 0 Å². The van der Waals surface area contributed by atoms with Crippen molar-refractivity contribution in [1.29, 1.82) is 0 Å². The number of amides is 4. The van der Waals surface area contributed by atoms with Gasteiger partial charge in [0.25, 0.3) is 11.8 Å². The van der Waals surface area contributed by atoms with Gasteiger partial charge in [-0.05, 0) is 12.8 Å². The molecule has 0 bridgehead atoms. The van der Waals surface area contributed by atoms with Crippen molar-refractivity contribution in [3.8, 4) is 0 Å². The van der Waals surface area contributed by atoms with Gasteiger partial charge in [0, 0.05) is 12.8 Å². The fourth-order valence-electron chi connectivity index (χ4n) is 2.58. The van der Waals surface area contributed by atoms with Crippen molar-refractivity contribution in [3.05, 3.63) is 0 Å². The molecule has 2 unspecified atom stereocenters. The van der Waals surface area contributed by atoms with Crippen LogP contribution in [0.15, 0.2) is 0 Å². The Morgan fingerprint density at radius 1 is 0.731 bits per heavy atom. The van der Waals surface area contributed by atoms with Crippen molar-refractivity contribution in [3.63, 3.8) is 0 Å². The van der Waals surface area contributed by atoms with Crippen LogP contribution in [0.4, 0.5) is 0 Å². The SMILES string of the molecule is O=C1CC(OC(=O)CCCCCCC(=O)OC2CC(=O)NC2=O)C(=O)N1. The number of unbranched alkanes of at least 4 members (excludes halogenated alkanes) is 3. The Kier molecular flexibility index (Phi) is 6.81. The van der Waals surface area contributed by atoms with Crippen LogP contribution in [0.2, 0.25) is 0 Å². The molecule has 0 aromatic carbocycles. The number of esters is 2. The van der Waals surface area contributed by atoms with E-state index in [0.717, 1.165) is 0 Å². The predicted molar refractivity (Wildman–Crippen MR) is 83.0 cm³/mol. The summed E-state index contributed by atoms with van der Waals surface area (Å²) in [6.45, 7) is 0. The van der Waals surface area contributed by atoms with Crippen LogP contribution in [-0.4, -0.2) is 47.8 Å². The molecule has 2 saturated heterocycles. The standard InChI is InChI=1S/C16H20N2O8/c19-11-7-9(15(23)17-11)25-13(21)5-3-1-2-4-6-14(22)26-10-8-12(20)18-16(10)24/h9-10H,1-8H2,(H,17,19,23)(H,18,20,24). The van der Waals surface area contributed by atoms with Gasteiger partial charge in [-0.15, -0.1) is 0 Å². The molecule has 0 spiro atoms. The van der Waals surface area contributed by atoms with E-state index in [4.69, 9.17) is 9.47 Å². The third-order valence-corrected chi connectivity index (χ3v) is 3.91. The molecule has 142 valence electrons. The summed E-state index contributed by atoms with van der Waals surface area (Å²) in [4.78, 5) is 67.7. The summed E-state index contributed by atoms with van der Waals surface area (Å²) in [5.41, 5.74) is 0. The highest BCUT2D eigenvalue weighted by Crippen LogP contribution is 2.12. The Labute approximate surface area is 148 Å². The molecule has 2 rings (SSSR count). The van der Waals surface area contributed by atoms with E-state index in [1.807, 2.05) is 0 Å². The summed E-state index contributed by atoms with van der Waals surface area (Å²) in [6.07, 6.45) is 0.259. The molecule has 0 aromatic rings. The molecular formula is C16H20N2O8. The molecule has 2 N–H and O–H groups in total. The molecule has 10 nitrogen and oxygen atoms in total. The maximum atomic E-state index is 11.6. The monoisotopic (exact) mass is 368 g/mol. The average molecular weight is 368 g/mol. The number of hydrogen-bond donors (Lipinski definition) is 2. The molecule has 0 aliphatic carbocycles. The highest BCUT2D eigenvalue weighted by atomic mass is 16.6. The lowest BCUT2D eigenvalue weighted by Gasteiger charge is -2.09. The molecule has 2 aliphatic heterocycles. The van der Waals surface area contributed by atoms with Gasteiger partial charge in [0.15, 0.2) is 12.2 Å². The molecule has 2 fully saturated rings. The molecule has 26 heavy (non-hydrogen) atoms. The Morgan fingerprint density at radius 3 is 1.42 bits per heavy atom. The molecule has 2 atom stereocenters. The van der Waals surface area contributed by atoms with Crippen LogP contribution in [0.1, 0.15) is 51.4 Å². The first kappa shape index (κ1) is 19.5. The van der Waals surface area contributed by atoms with E-state index in [9.17, 15) is 28.8 Å². The highest BCUT2D eigenvalue weighted by Gasteiger charge is 2.34. The molecule has 2 heterocycles. The fourth-order valence-corrected chi connectivity index (χ4v) is 2.58. The van der Waals surface area contributed by atoms with E-state index in [-0.39, 0.29) is 25.7 Å². The number of imide groups is 2. The van der Waals surface area contributed by atoms with Crippen molar-refractivity contribution in [2.24, 2.45) is 0 Å². The zero-order valence-corrected chi connectivity index (χ0v) is 14.1. The van der Waals surface area contributed by atoms with Gasteiger partial charge in [-0.25, -0.2) is 0 Å².